The second-order valence-corrected chi connectivity index (χ2v) is 4.12. The van der Waals surface area contributed by atoms with Gasteiger partial charge in [-0.05, 0) is 24.8 Å². The van der Waals surface area contributed by atoms with Crippen LogP contribution in [-0.4, -0.2) is 11.2 Å². The third-order valence-corrected chi connectivity index (χ3v) is 2.90. The molecule has 0 radical (unpaired) electrons. The second-order valence-electron chi connectivity index (χ2n) is 4.12. The molecule has 1 aliphatic rings. The SMILES string of the molecule is N[C@@H](c1ccc(F)c(F)c1F)[C@H](O)C1CC1. The fraction of sp³-hybridized carbons (Fsp3) is 0.455. The number of aliphatic hydroxyl groups excluding tert-OH is 1. The quantitative estimate of drug-likeness (QED) is 0.780. The fourth-order valence-electron chi connectivity index (χ4n) is 1.71. The van der Waals surface area contributed by atoms with Crippen LogP contribution in [0.15, 0.2) is 12.1 Å². The smallest absolute Gasteiger partial charge is 0.194 e. The predicted molar refractivity (Wildman–Crippen MR) is 52.0 cm³/mol. The lowest BCUT2D eigenvalue weighted by molar-refractivity contribution is 0.120. The van der Waals surface area contributed by atoms with Crippen LogP contribution in [0.4, 0.5) is 13.2 Å². The Morgan fingerprint density at radius 2 is 1.81 bits per heavy atom. The Balaban J connectivity index is 2.29. The molecule has 2 atom stereocenters. The summed E-state index contributed by atoms with van der Waals surface area (Å²) < 4.78 is 39.0. The molecule has 0 heterocycles. The first-order valence-corrected chi connectivity index (χ1v) is 5.09. The van der Waals surface area contributed by atoms with Gasteiger partial charge in [-0.25, -0.2) is 13.2 Å². The van der Waals surface area contributed by atoms with Crippen molar-refractivity contribution in [2.24, 2.45) is 11.7 Å². The molecule has 0 bridgehead atoms. The van der Waals surface area contributed by atoms with Gasteiger partial charge in [0.25, 0.3) is 0 Å². The van der Waals surface area contributed by atoms with E-state index in [0.29, 0.717) is 0 Å². The van der Waals surface area contributed by atoms with Crippen molar-refractivity contribution in [3.8, 4) is 0 Å². The van der Waals surface area contributed by atoms with Gasteiger partial charge in [-0.3, -0.25) is 0 Å². The van der Waals surface area contributed by atoms with E-state index in [0.717, 1.165) is 25.0 Å². The lowest BCUT2D eigenvalue weighted by Gasteiger charge is -2.19. The molecule has 1 aromatic rings. The molecule has 3 N–H and O–H groups in total. The van der Waals surface area contributed by atoms with E-state index in [2.05, 4.69) is 0 Å². The highest BCUT2D eigenvalue weighted by Crippen LogP contribution is 2.37. The number of nitrogens with two attached hydrogens (primary N) is 1. The van der Waals surface area contributed by atoms with Crippen LogP contribution < -0.4 is 5.73 Å². The largest absolute Gasteiger partial charge is 0.391 e. The number of benzene rings is 1. The van der Waals surface area contributed by atoms with Gasteiger partial charge < -0.3 is 10.8 Å². The lowest BCUT2D eigenvalue weighted by Crippen LogP contribution is -2.29. The van der Waals surface area contributed by atoms with Crippen LogP contribution in [0.1, 0.15) is 24.4 Å². The number of hydrogen-bond acceptors (Lipinski definition) is 2. The van der Waals surface area contributed by atoms with Crippen LogP contribution in [0.2, 0.25) is 0 Å². The lowest BCUT2D eigenvalue weighted by atomic mass is 9.98. The molecule has 2 nitrogen and oxygen atoms in total. The van der Waals surface area contributed by atoms with E-state index in [1.165, 1.54) is 0 Å². The van der Waals surface area contributed by atoms with E-state index >= 15 is 0 Å². The van der Waals surface area contributed by atoms with Gasteiger partial charge in [0.2, 0.25) is 0 Å². The Kier molecular flexibility index (Phi) is 2.90. The number of hydrogen-bond donors (Lipinski definition) is 2. The van der Waals surface area contributed by atoms with Crippen molar-refractivity contribution in [1.82, 2.24) is 0 Å². The van der Waals surface area contributed by atoms with Gasteiger partial charge in [0.15, 0.2) is 17.5 Å². The van der Waals surface area contributed by atoms with Crippen LogP contribution in [0.3, 0.4) is 0 Å². The van der Waals surface area contributed by atoms with Gasteiger partial charge >= 0.3 is 0 Å². The van der Waals surface area contributed by atoms with Crippen molar-refractivity contribution < 1.29 is 18.3 Å². The summed E-state index contributed by atoms with van der Waals surface area (Å²) in [6, 6.07) is 0.875. The summed E-state index contributed by atoms with van der Waals surface area (Å²) >= 11 is 0. The van der Waals surface area contributed by atoms with E-state index in [9.17, 15) is 18.3 Å². The van der Waals surface area contributed by atoms with Crippen molar-refractivity contribution in [3.05, 3.63) is 35.1 Å². The summed E-state index contributed by atoms with van der Waals surface area (Å²) in [6.45, 7) is 0. The number of rotatable bonds is 3. The van der Waals surface area contributed by atoms with Gasteiger partial charge in [0.05, 0.1) is 12.1 Å². The summed E-state index contributed by atoms with van der Waals surface area (Å²) in [5, 5.41) is 9.69. The Hall–Kier alpha value is -1.07. The third kappa shape index (κ3) is 1.92. The molecule has 88 valence electrons. The molecule has 0 amide bonds. The minimum atomic E-state index is -1.55. The summed E-state index contributed by atoms with van der Waals surface area (Å²) in [5.41, 5.74) is 5.44. The third-order valence-electron chi connectivity index (χ3n) is 2.90. The molecular formula is C11H12F3NO. The zero-order valence-corrected chi connectivity index (χ0v) is 8.46. The van der Waals surface area contributed by atoms with Gasteiger partial charge in [0.1, 0.15) is 0 Å². The Labute approximate surface area is 90.9 Å². The molecule has 16 heavy (non-hydrogen) atoms. The van der Waals surface area contributed by atoms with Crippen molar-refractivity contribution >= 4 is 0 Å². The first-order valence-electron chi connectivity index (χ1n) is 5.09. The molecule has 2 rings (SSSR count). The average Bonchev–Trinajstić information content (AvgIpc) is 3.08. The minimum absolute atomic E-state index is 0.0440. The maximum absolute atomic E-state index is 13.4. The molecule has 1 aliphatic carbocycles. The summed E-state index contributed by atoms with van der Waals surface area (Å²) in [6.07, 6.45) is 0.764. The maximum atomic E-state index is 13.4. The number of halogens is 3. The van der Waals surface area contributed by atoms with E-state index in [1.54, 1.807) is 0 Å². The molecule has 0 saturated heterocycles. The van der Waals surface area contributed by atoms with Crippen LogP contribution in [-0.2, 0) is 0 Å². The van der Waals surface area contributed by atoms with Gasteiger partial charge in [0, 0.05) is 5.56 Å². The highest BCUT2D eigenvalue weighted by molar-refractivity contribution is 5.24. The summed E-state index contributed by atoms with van der Waals surface area (Å²) in [4.78, 5) is 0. The molecule has 1 fully saturated rings. The second kappa shape index (κ2) is 4.07. The Morgan fingerprint density at radius 1 is 1.19 bits per heavy atom. The topological polar surface area (TPSA) is 46.2 Å². The van der Waals surface area contributed by atoms with Gasteiger partial charge in [-0.15, -0.1) is 0 Å². The Morgan fingerprint density at radius 3 is 2.38 bits per heavy atom. The Bertz CT molecular complexity index is 406. The molecule has 1 aromatic carbocycles. The fourth-order valence-corrected chi connectivity index (χ4v) is 1.71. The minimum Gasteiger partial charge on any atom is -0.391 e. The first kappa shape index (κ1) is 11.4. The van der Waals surface area contributed by atoms with E-state index in [-0.39, 0.29) is 11.5 Å². The van der Waals surface area contributed by atoms with Gasteiger partial charge in [-0.1, -0.05) is 6.07 Å². The van der Waals surface area contributed by atoms with Crippen LogP contribution >= 0.6 is 0 Å². The van der Waals surface area contributed by atoms with Gasteiger partial charge in [-0.2, -0.15) is 0 Å². The predicted octanol–water partition coefficient (Wildman–Crippen LogP) is 1.87. The van der Waals surface area contributed by atoms with Crippen LogP contribution in [0.25, 0.3) is 0 Å². The summed E-state index contributed by atoms with van der Waals surface area (Å²) in [7, 11) is 0. The molecular weight excluding hydrogens is 219 g/mol. The van der Waals surface area contributed by atoms with E-state index in [1.807, 2.05) is 0 Å². The van der Waals surface area contributed by atoms with Crippen molar-refractivity contribution in [2.45, 2.75) is 25.0 Å². The highest BCUT2D eigenvalue weighted by atomic mass is 19.2. The van der Waals surface area contributed by atoms with Crippen molar-refractivity contribution in [1.29, 1.82) is 0 Å². The zero-order chi connectivity index (χ0) is 11.9. The van der Waals surface area contributed by atoms with Crippen molar-refractivity contribution in [3.63, 3.8) is 0 Å². The first-order chi connectivity index (χ1) is 7.52. The maximum Gasteiger partial charge on any atom is 0.194 e. The van der Waals surface area contributed by atoms with E-state index in [4.69, 9.17) is 5.73 Å². The highest BCUT2D eigenvalue weighted by Gasteiger charge is 2.35. The molecule has 5 heteroatoms. The van der Waals surface area contributed by atoms with E-state index < -0.39 is 29.6 Å². The monoisotopic (exact) mass is 231 g/mol. The van der Waals surface area contributed by atoms with Crippen molar-refractivity contribution in [2.75, 3.05) is 0 Å². The number of aliphatic hydroxyl groups is 1. The zero-order valence-electron chi connectivity index (χ0n) is 8.46. The normalized spacial score (nSPS) is 19.6. The molecule has 0 aromatic heterocycles. The standard InChI is InChI=1S/C11H12F3NO/c12-7-4-3-6(8(13)9(7)14)10(15)11(16)5-1-2-5/h3-5,10-11,16H,1-2,15H2/t10-,11+/m0/s1. The summed E-state index contributed by atoms with van der Waals surface area (Å²) in [5.74, 6) is -4.07. The van der Waals surface area contributed by atoms with Crippen LogP contribution in [0.5, 0.6) is 0 Å². The molecule has 0 unspecified atom stereocenters. The molecule has 0 spiro atoms. The molecule has 0 aliphatic heterocycles. The van der Waals surface area contributed by atoms with Crippen LogP contribution in [0, 0.1) is 23.4 Å². The average molecular weight is 231 g/mol. The molecule has 1 saturated carbocycles.